The fraction of sp³-hybridized carbons (Fsp3) is 0.102. The van der Waals surface area contributed by atoms with Gasteiger partial charge in [0, 0.05) is 24.1 Å². The normalized spacial score (nSPS) is 11.1. The monoisotopic (exact) mass is 742 g/mol. The molecule has 0 aliphatic heterocycles. The third-order valence-electron chi connectivity index (χ3n) is 9.44. The first-order valence-corrected chi connectivity index (χ1v) is 20.5. The van der Waals surface area contributed by atoms with E-state index in [0.29, 0.717) is 16.9 Å². The standard InChI is InChI=1S/C49H42O3S2/c1-34-28-44(53(40-20-9-5-10-21-40)41-22-11-6-12-23-41)29-35(2)46(34)33-47(50)38-18-17-19-39(32-38)49(51)52-48-36(3)30-45(31-37(48)4)54(42-24-13-7-14-25-42)43-26-15-8-16-27-43/h5-32H,33H2,1-4H3/q+2. The van der Waals surface area contributed by atoms with Crippen LogP contribution in [-0.2, 0) is 28.2 Å². The summed E-state index contributed by atoms with van der Waals surface area (Å²) < 4.78 is 6.06. The Balaban J connectivity index is 1.10. The maximum absolute atomic E-state index is 13.8. The molecular formula is C49H42O3S2+2. The summed E-state index contributed by atoms with van der Waals surface area (Å²) in [5, 5.41) is 0. The highest BCUT2D eigenvalue weighted by molar-refractivity contribution is 7.97. The van der Waals surface area contributed by atoms with E-state index >= 15 is 0 Å². The van der Waals surface area contributed by atoms with E-state index in [2.05, 4.69) is 135 Å². The number of ketones is 1. The van der Waals surface area contributed by atoms with Crippen LogP contribution in [0.2, 0.25) is 0 Å². The van der Waals surface area contributed by atoms with E-state index in [-0.39, 0.29) is 34.0 Å². The summed E-state index contributed by atoms with van der Waals surface area (Å²) in [5.41, 5.74) is 5.76. The van der Waals surface area contributed by atoms with Crippen molar-refractivity contribution < 1.29 is 14.3 Å². The Kier molecular flexibility index (Phi) is 11.3. The quantitative estimate of drug-likeness (QED) is 0.0574. The third-order valence-corrected chi connectivity index (χ3v) is 13.8. The molecule has 0 aliphatic rings. The molecule has 7 aromatic carbocycles. The molecule has 0 atom stereocenters. The van der Waals surface area contributed by atoms with Crippen molar-refractivity contribution in [2.24, 2.45) is 0 Å². The number of esters is 1. The molecule has 0 radical (unpaired) electrons. The maximum atomic E-state index is 13.8. The lowest BCUT2D eigenvalue weighted by Crippen LogP contribution is -2.13. The van der Waals surface area contributed by atoms with Crippen molar-refractivity contribution >= 4 is 33.5 Å². The molecule has 266 valence electrons. The van der Waals surface area contributed by atoms with Gasteiger partial charge in [-0.3, -0.25) is 4.79 Å². The number of ether oxygens (including phenoxy) is 1. The second-order valence-corrected chi connectivity index (χ2v) is 17.4. The Hall–Kier alpha value is -5.62. The molecule has 5 heteroatoms. The first-order valence-electron chi connectivity index (χ1n) is 18.0. The summed E-state index contributed by atoms with van der Waals surface area (Å²) in [5.74, 6) is 0.0140. The summed E-state index contributed by atoms with van der Waals surface area (Å²) >= 11 is 0. The van der Waals surface area contributed by atoms with Gasteiger partial charge in [0.25, 0.3) is 0 Å². The number of benzene rings is 7. The number of carbonyl (C=O) groups excluding carboxylic acids is 2. The highest BCUT2D eigenvalue weighted by Gasteiger charge is 2.31. The average molecular weight is 743 g/mol. The molecule has 7 aromatic rings. The van der Waals surface area contributed by atoms with Gasteiger partial charge in [0.2, 0.25) is 0 Å². The van der Waals surface area contributed by atoms with E-state index in [1.54, 1.807) is 24.3 Å². The molecule has 0 fully saturated rings. The molecule has 0 spiro atoms. The van der Waals surface area contributed by atoms with Gasteiger partial charge in [-0.05, 0) is 128 Å². The lowest BCUT2D eigenvalue weighted by Gasteiger charge is -2.15. The smallest absolute Gasteiger partial charge is 0.343 e. The largest absolute Gasteiger partial charge is 0.422 e. The van der Waals surface area contributed by atoms with Gasteiger partial charge in [0.15, 0.2) is 35.2 Å². The average Bonchev–Trinajstić information content (AvgIpc) is 3.19. The Morgan fingerprint density at radius 3 is 1.20 bits per heavy atom. The number of aryl methyl sites for hydroxylation is 4. The molecule has 0 saturated heterocycles. The molecule has 54 heavy (non-hydrogen) atoms. The molecule has 0 N–H and O–H groups in total. The molecule has 3 nitrogen and oxygen atoms in total. The van der Waals surface area contributed by atoms with Crippen molar-refractivity contribution in [1.82, 2.24) is 0 Å². The van der Waals surface area contributed by atoms with Crippen molar-refractivity contribution in [2.75, 3.05) is 0 Å². The summed E-state index contributed by atoms with van der Waals surface area (Å²) in [6.07, 6.45) is 0.241. The highest BCUT2D eigenvalue weighted by Crippen LogP contribution is 2.36. The summed E-state index contributed by atoms with van der Waals surface area (Å²) in [6, 6.07) is 57.7. The predicted octanol–water partition coefficient (Wildman–Crippen LogP) is 11.8. The molecule has 0 aliphatic carbocycles. The highest BCUT2D eigenvalue weighted by atomic mass is 32.2. The molecule has 7 rings (SSSR count). The van der Waals surface area contributed by atoms with E-state index in [4.69, 9.17) is 4.74 Å². The Labute approximate surface area is 324 Å². The molecule has 0 aromatic heterocycles. The lowest BCUT2D eigenvalue weighted by molar-refractivity contribution is 0.0732. The van der Waals surface area contributed by atoms with Gasteiger partial charge in [-0.15, -0.1) is 0 Å². The molecular weight excluding hydrogens is 701 g/mol. The van der Waals surface area contributed by atoms with Crippen molar-refractivity contribution in [1.29, 1.82) is 0 Å². The van der Waals surface area contributed by atoms with Crippen LogP contribution in [0.4, 0.5) is 0 Å². The third kappa shape index (κ3) is 8.13. The predicted molar refractivity (Wildman–Crippen MR) is 221 cm³/mol. The van der Waals surface area contributed by atoms with Crippen LogP contribution in [0.3, 0.4) is 0 Å². The molecule has 0 amide bonds. The number of carbonyl (C=O) groups is 2. The van der Waals surface area contributed by atoms with Crippen LogP contribution in [0.5, 0.6) is 5.75 Å². The van der Waals surface area contributed by atoms with E-state index in [1.165, 1.54) is 24.5 Å². The van der Waals surface area contributed by atoms with Gasteiger partial charge < -0.3 is 4.74 Å². The summed E-state index contributed by atoms with van der Waals surface area (Å²) in [7, 11) is -0.599. The van der Waals surface area contributed by atoms with Crippen LogP contribution in [0.25, 0.3) is 0 Å². The van der Waals surface area contributed by atoms with Crippen molar-refractivity contribution in [3.63, 3.8) is 0 Å². The zero-order valence-corrected chi connectivity index (χ0v) is 32.5. The molecule has 0 unspecified atom stereocenters. The minimum Gasteiger partial charge on any atom is -0.422 e. The van der Waals surface area contributed by atoms with Crippen molar-refractivity contribution in [2.45, 2.75) is 63.5 Å². The first kappa shape index (κ1) is 36.7. The lowest BCUT2D eigenvalue weighted by atomic mass is 9.95. The van der Waals surface area contributed by atoms with Gasteiger partial charge in [0.1, 0.15) is 5.75 Å². The maximum Gasteiger partial charge on any atom is 0.343 e. The molecule has 0 saturated carbocycles. The van der Waals surface area contributed by atoms with Crippen LogP contribution in [0, 0.1) is 27.7 Å². The summed E-state index contributed by atoms with van der Waals surface area (Å²) in [6.45, 7) is 8.13. The van der Waals surface area contributed by atoms with E-state index in [0.717, 1.165) is 32.7 Å². The topological polar surface area (TPSA) is 43.4 Å². The van der Waals surface area contributed by atoms with Crippen molar-refractivity contribution in [3.05, 3.63) is 209 Å². The first-order chi connectivity index (χ1) is 26.3. The Morgan fingerprint density at radius 1 is 0.426 bits per heavy atom. The number of rotatable bonds is 11. The Morgan fingerprint density at radius 2 is 0.796 bits per heavy atom. The Bertz CT molecular complexity index is 2120. The van der Waals surface area contributed by atoms with Crippen LogP contribution < -0.4 is 4.74 Å². The molecule has 0 bridgehead atoms. The second kappa shape index (κ2) is 16.6. The SMILES string of the molecule is Cc1cc([S+](c2ccccc2)c2ccccc2)cc(C)c1CC(=O)c1cccc(C(=O)Oc2c(C)cc([S+](c3ccccc3)c3ccccc3)cc2C)c1. The van der Waals surface area contributed by atoms with Crippen LogP contribution in [0.15, 0.2) is 199 Å². The van der Waals surface area contributed by atoms with E-state index in [1.807, 2.05) is 38.1 Å². The van der Waals surface area contributed by atoms with E-state index in [9.17, 15) is 9.59 Å². The van der Waals surface area contributed by atoms with Crippen LogP contribution >= 0.6 is 0 Å². The second-order valence-electron chi connectivity index (χ2n) is 13.4. The summed E-state index contributed by atoms with van der Waals surface area (Å²) in [4.78, 5) is 34.8. The van der Waals surface area contributed by atoms with Crippen LogP contribution in [-0.4, -0.2) is 11.8 Å². The van der Waals surface area contributed by atoms with Crippen molar-refractivity contribution in [3.8, 4) is 5.75 Å². The van der Waals surface area contributed by atoms with Gasteiger partial charge in [-0.2, -0.15) is 0 Å². The van der Waals surface area contributed by atoms with E-state index < -0.39 is 5.97 Å². The number of hydrogen-bond donors (Lipinski definition) is 0. The van der Waals surface area contributed by atoms with Crippen LogP contribution in [0.1, 0.15) is 48.5 Å². The zero-order chi connectivity index (χ0) is 37.6. The number of Topliss-reactive ketones (excluding diaryl/α,β-unsaturated/α-hetero) is 1. The van der Waals surface area contributed by atoms with Gasteiger partial charge in [0.05, 0.1) is 27.4 Å². The van der Waals surface area contributed by atoms with Gasteiger partial charge in [-0.25, -0.2) is 4.79 Å². The fourth-order valence-corrected chi connectivity index (χ4v) is 11.3. The van der Waals surface area contributed by atoms with Gasteiger partial charge in [-0.1, -0.05) is 84.9 Å². The zero-order valence-electron chi connectivity index (χ0n) is 30.9. The number of hydrogen-bond acceptors (Lipinski definition) is 3. The minimum absolute atomic E-state index is 0.0423. The fourth-order valence-electron chi connectivity index (χ4n) is 6.82. The molecule has 0 heterocycles. The minimum atomic E-state index is -0.487. The van der Waals surface area contributed by atoms with Gasteiger partial charge >= 0.3 is 5.97 Å².